The Morgan fingerprint density at radius 3 is 2.63 bits per heavy atom. The Labute approximate surface area is 113 Å². The average molecular weight is 259 g/mol. The highest BCUT2D eigenvalue weighted by Gasteiger charge is 2.42. The molecule has 3 aliphatic rings. The van der Waals surface area contributed by atoms with Gasteiger partial charge in [0, 0.05) is 20.0 Å². The first-order valence-corrected chi connectivity index (χ1v) is 7.23. The van der Waals surface area contributed by atoms with Crippen molar-refractivity contribution in [3.63, 3.8) is 0 Å². The highest BCUT2D eigenvalue weighted by Crippen LogP contribution is 2.52. The average Bonchev–Trinajstić information content (AvgIpc) is 3.05. The molecule has 0 aromatic carbocycles. The van der Waals surface area contributed by atoms with Crippen LogP contribution in [0.1, 0.15) is 37.4 Å². The van der Waals surface area contributed by atoms with Crippen molar-refractivity contribution in [2.24, 2.45) is 11.8 Å². The molecule has 1 aromatic rings. The van der Waals surface area contributed by atoms with Gasteiger partial charge in [-0.15, -0.1) is 0 Å². The van der Waals surface area contributed by atoms with Crippen LogP contribution < -0.4 is 15.5 Å². The van der Waals surface area contributed by atoms with Gasteiger partial charge in [-0.2, -0.15) is 0 Å². The molecule has 102 valence electrons. The van der Waals surface area contributed by atoms with E-state index in [9.17, 15) is 0 Å². The third-order valence-corrected chi connectivity index (χ3v) is 5.15. The maximum Gasteiger partial charge on any atom is 0.159 e. The molecule has 2 saturated carbocycles. The van der Waals surface area contributed by atoms with Gasteiger partial charge in [0.1, 0.15) is 11.5 Å². The summed E-state index contributed by atoms with van der Waals surface area (Å²) in [4.78, 5) is 13.7. The van der Waals surface area contributed by atoms with Crippen LogP contribution >= 0.6 is 0 Å². The molecule has 3 atom stereocenters. The summed E-state index contributed by atoms with van der Waals surface area (Å²) in [6.07, 6.45) is 5.40. The number of rotatable bonds is 1. The van der Waals surface area contributed by atoms with E-state index in [0.717, 1.165) is 35.8 Å². The van der Waals surface area contributed by atoms with Gasteiger partial charge in [-0.3, -0.25) is 0 Å². The number of hydrogen-bond donors (Lipinski definition) is 1. The minimum atomic E-state index is 0.547. The smallest absolute Gasteiger partial charge is 0.159 e. The predicted octanol–water partition coefficient (Wildman–Crippen LogP) is 1.81. The molecule has 1 aliphatic heterocycles. The van der Waals surface area contributed by atoms with Gasteiger partial charge in [-0.05, 0) is 31.1 Å². The van der Waals surface area contributed by atoms with E-state index in [4.69, 9.17) is 10.7 Å². The first kappa shape index (κ1) is 11.3. The molecular formula is C14H21N5. The Morgan fingerprint density at radius 2 is 1.95 bits per heavy atom. The van der Waals surface area contributed by atoms with E-state index in [-0.39, 0.29) is 0 Å². The van der Waals surface area contributed by atoms with Crippen molar-refractivity contribution in [2.75, 3.05) is 36.3 Å². The van der Waals surface area contributed by atoms with Gasteiger partial charge in [0.2, 0.25) is 0 Å². The van der Waals surface area contributed by atoms with Gasteiger partial charge in [0.05, 0.1) is 6.67 Å². The van der Waals surface area contributed by atoms with Gasteiger partial charge < -0.3 is 15.5 Å². The number of fused-ring (bicyclic) bond motifs is 3. The first-order chi connectivity index (χ1) is 9.13. The summed E-state index contributed by atoms with van der Waals surface area (Å²) in [6.45, 7) is 0.842. The monoisotopic (exact) mass is 259 g/mol. The van der Waals surface area contributed by atoms with Crippen molar-refractivity contribution in [1.82, 2.24) is 9.97 Å². The molecule has 2 N–H and O–H groups in total. The standard InChI is InChI=1S/C14H21N5/c1-18-7-19(2)14-11(18)12(15)16-13(17-14)10-6-8-3-4-9(10)5-8/h8-10H,3-7H2,1-2H3,(H2,15,16,17). The normalized spacial score (nSPS) is 32.2. The van der Waals surface area contributed by atoms with Crippen LogP contribution in [-0.2, 0) is 0 Å². The lowest BCUT2D eigenvalue weighted by atomic mass is 9.88. The van der Waals surface area contributed by atoms with E-state index < -0.39 is 0 Å². The molecular weight excluding hydrogens is 238 g/mol. The zero-order valence-electron chi connectivity index (χ0n) is 11.6. The molecule has 5 nitrogen and oxygen atoms in total. The SMILES string of the molecule is CN1CN(C)c2c(N)nc(C3CC4CCC3C4)nc21. The summed E-state index contributed by atoms with van der Waals surface area (Å²) in [6, 6.07) is 0. The predicted molar refractivity (Wildman–Crippen MR) is 76.3 cm³/mol. The minimum Gasteiger partial charge on any atom is -0.382 e. The molecule has 5 heteroatoms. The molecule has 2 bridgehead atoms. The lowest BCUT2D eigenvalue weighted by molar-refractivity contribution is 0.406. The Bertz CT molecular complexity index is 529. The van der Waals surface area contributed by atoms with E-state index >= 15 is 0 Å². The molecule has 0 amide bonds. The molecule has 3 unspecified atom stereocenters. The van der Waals surface area contributed by atoms with Gasteiger partial charge in [-0.25, -0.2) is 9.97 Å². The second-order valence-corrected chi connectivity index (χ2v) is 6.46. The fraction of sp³-hybridized carbons (Fsp3) is 0.714. The number of nitrogens with zero attached hydrogens (tertiary/aromatic N) is 4. The lowest BCUT2D eigenvalue weighted by Crippen LogP contribution is -2.24. The second-order valence-electron chi connectivity index (χ2n) is 6.46. The van der Waals surface area contributed by atoms with Crippen LogP contribution in [0.3, 0.4) is 0 Å². The topological polar surface area (TPSA) is 58.3 Å². The number of nitrogen functional groups attached to an aromatic ring is 1. The summed E-state index contributed by atoms with van der Waals surface area (Å²) < 4.78 is 0. The van der Waals surface area contributed by atoms with Crippen LogP contribution in [0.4, 0.5) is 17.3 Å². The van der Waals surface area contributed by atoms with Gasteiger partial charge in [-0.1, -0.05) is 6.42 Å². The van der Waals surface area contributed by atoms with Crippen molar-refractivity contribution in [1.29, 1.82) is 0 Å². The minimum absolute atomic E-state index is 0.547. The number of hydrogen-bond acceptors (Lipinski definition) is 5. The summed E-state index contributed by atoms with van der Waals surface area (Å²) >= 11 is 0. The first-order valence-electron chi connectivity index (χ1n) is 7.23. The van der Waals surface area contributed by atoms with Gasteiger partial charge in [0.25, 0.3) is 0 Å². The van der Waals surface area contributed by atoms with Crippen LogP contribution in [-0.4, -0.2) is 30.7 Å². The Hall–Kier alpha value is -1.52. The molecule has 2 heterocycles. The Morgan fingerprint density at radius 1 is 1.11 bits per heavy atom. The summed E-state index contributed by atoms with van der Waals surface area (Å²) in [5.41, 5.74) is 7.17. The molecule has 2 fully saturated rings. The molecule has 0 saturated heterocycles. The molecule has 19 heavy (non-hydrogen) atoms. The maximum atomic E-state index is 6.17. The molecule has 2 aliphatic carbocycles. The maximum absolute atomic E-state index is 6.17. The number of aromatic nitrogens is 2. The summed E-state index contributed by atoms with van der Waals surface area (Å²) in [7, 11) is 4.11. The van der Waals surface area contributed by atoms with Crippen LogP contribution in [0.2, 0.25) is 0 Å². The second kappa shape index (κ2) is 3.74. The molecule has 1 aromatic heterocycles. The van der Waals surface area contributed by atoms with Crippen molar-refractivity contribution < 1.29 is 0 Å². The largest absolute Gasteiger partial charge is 0.382 e. The molecule has 0 spiro atoms. The van der Waals surface area contributed by atoms with Crippen molar-refractivity contribution in [3.05, 3.63) is 5.82 Å². The van der Waals surface area contributed by atoms with Gasteiger partial charge >= 0.3 is 0 Å². The van der Waals surface area contributed by atoms with Crippen molar-refractivity contribution in [2.45, 2.75) is 31.6 Å². The van der Waals surface area contributed by atoms with E-state index in [2.05, 4.69) is 21.8 Å². The zero-order chi connectivity index (χ0) is 13.1. The van der Waals surface area contributed by atoms with E-state index in [1.54, 1.807) is 0 Å². The summed E-state index contributed by atoms with van der Waals surface area (Å²) in [5, 5.41) is 0. The van der Waals surface area contributed by atoms with Crippen LogP contribution in [0.5, 0.6) is 0 Å². The quantitative estimate of drug-likeness (QED) is 0.833. The number of anilines is 3. The van der Waals surface area contributed by atoms with Crippen molar-refractivity contribution in [3.8, 4) is 0 Å². The Balaban J connectivity index is 1.75. The zero-order valence-corrected chi connectivity index (χ0v) is 11.6. The van der Waals surface area contributed by atoms with Crippen molar-refractivity contribution >= 4 is 17.3 Å². The lowest BCUT2D eigenvalue weighted by Gasteiger charge is -2.21. The fourth-order valence-electron chi connectivity index (χ4n) is 4.29. The highest BCUT2D eigenvalue weighted by molar-refractivity contribution is 5.81. The third kappa shape index (κ3) is 1.53. The van der Waals surface area contributed by atoms with Crippen LogP contribution in [0.15, 0.2) is 0 Å². The number of nitrogens with two attached hydrogens (primary N) is 1. The fourth-order valence-corrected chi connectivity index (χ4v) is 4.29. The van der Waals surface area contributed by atoms with E-state index in [1.807, 2.05) is 7.05 Å². The Kier molecular flexibility index (Phi) is 2.23. The molecule has 0 radical (unpaired) electrons. The van der Waals surface area contributed by atoms with E-state index in [0.29, 0.717) is 11.7 Å². The highest BCUT2D eigenvalue weighted by atomic mass is 15.4. The van der Waals surface area contributed by atoms with Crippen LogP contribution in [0.25, 0.3) is 0 Å². The summed E-state index contributed by atoms with van der Waals surface area (Å²) in [5.74, 6) is 4.90. The van der Waals surface area contributed by atoms with Crippen LogP contribution in [0, 0.1) is 11.8 Å². The molecule has 4 rings (SSSR count). The third-order valence-electron chi connectivity index (χ3n) is 5.15. The van der Waals surface area contributed by atoms with E-state index in [1.165, 1.54) is 25.7 Å². The van der Waals surface area contributed by atoms with Gasteiger partial charge in [0.15, 0.2) is 11.6 Å².